The zero-order valence-electron chi connectivity index (χ0n) is 17.9. The summed E-state index contributed by atoms with van der Waals surface area (Å²) < 4.78 is 10.8. The molecule has 0 bridgehead atoms. The van der Waals surface area contributed by atoms with Gasteiger partial charge in [0.1, 0.15) is 0 Å². The molecular weight excluding hydrogens is 384 g/mol. The van der Waals surface area contributed by atoms with Gasteiger partial charge in [-0.3, -0.25) is 0 Å². The number of nitrogens with zero attached hydrogens (tertiary/aromatic N) is 2. The molecule has 1 aliphatic heterocycles. The van der Waals surface area contributed by atoms with Crippen LogP contribution in [0.25, 0.3) is 0 Å². The first-order valence-electron chi connectivity index (χ1n) is 10.4. The Morgan fingerprint density at radius 2 is 1.76 bits per heavy atom. The maximum atomic E-state index is 5.99. The van der Waals surface area contributed by atoms with Crippen LogP contribution >= 0.6 is 11.6 Å². The highest BCUT2D eigenvalue weighted by Gasteiger charge is 2.21. The molecule has 0 aromatic heterocycles. The average Bonchev–Trinajstić information content (AvgIpc) is 2.73. The normalized spacial score (nSPS) is 17.5. The number of piperidine rings is 1. The van der Waals surface area contributed by atoms with Gasteiger partial charge in [0.15, 0.2) is 11.5 Å². The van der Waals surface area contributed by atoms with Crippen LogP contribution in [0.2, 0.25) is 5.02 Å². The second-order valence-electron chi connectivity index (χ2n) is 8.07. The molecule has 1 aliphatic rings. The van der Waals surface area contributed by atoms with Crippen molar-refractivity contribution in [2.24, 2.45) is 5.92 Å². The fourth-order valence-electron chi connectivity index (χ4n) is 4.24. The van der Waals surface area contributed by atoms with Crippen LogP contribution in [0.3, 0.4) is 0 Å². The van der Waals surface area contributed by atoms with E-state index in [1.165, 1.54) is 37.1 Å². The maximum absolute atomic E-state index is 5.99. The molecule has 0 radical (unpaired) electrons. The van der Waals surface area contributed by atoms with E-state index in [0.717, 1.165) is 48.5 Å². The first-order chi connectivity index (χ1) is 14.1. The minimum atomic E-state index is 0.721. The molecule has 29 heavy (non-hydrogen) atoms. The Bertz CT molecular complexity index is 766. The van der Waals surface area contributed by atoms with Gasteiger partial charge < -0.3 is 19.3 Å². The lowest BCUT2D eigenvalue weighted by molar-refractivity contribution is 0.142. The van der Waals surface area contributed by atoms with Crippen LogP contribution in [0.1, 0.15) is 24.0 Å². The van der Waals surface area contributed by atoms with E-state index in [-0.39, 0.29) is 0 Å². The van der Waals surface area contributed by atoms with Crippen LogP contribution in [0.15, 0.2) is 42.5 Å². The van der Waals surface area contributed by atoms with Gasteiger partial charge in [-0.15, -0.1) is 0 Å². The van der Waals surface area contributed by atoms with Crippen LogP contribution in [-0.2, 0) is 13.0 Å². The zero-order valence-corrected chi connectivity index (χ0v) is 18.6. The number of rotatable bonds is 9. The Morgan fingerprint density at radius 3 is 2.48 bits per heavy atom. The van der Waals surface area contributed by atoms with Crippen molar-refractivity contribution in [1.82, 2.24) is 9.80 Å². The van der Waals surface area contributed by atoms with Crippen molar-refractivity contribution in [3.63, 3.8) is 0 Å². The Hall–Kier alpha value is -1.75. The summed E-state index contributed by atoms with van der Waals surface area (Å²) in [6.45, 7) is 5.55. The van der Waals surface area contributed by atoms with Crippen molar-refractivity contribution in [1.29, 1.82) is 0 Å². The lowest BCUT2D eigenvalue weighted by Gasteiger charge is -2.34. The molecule has 1 fully saturated rings. The van der Waals surface area contributed by atoms with Gasteiger partial charge in [0.2, 0.25) is 0 Å². The smallest absolute Gasteiger partial charge is 0.161 e. The third-order valence-electron chi connectivity index (χ3n) is 5.70. The number of likely N-dealkylation sites (tertiary alicyclic amines) is 1. The number of ether oxygens (including phenoxy) is 2. The third kappa shape index (κ3) is 6.63. The van der Waals surface area contributed by atoms with Crippen molar-refractivity contribution in [2.45, 2.75) is 25.8 Å². The fraction of sp³-hybridized carbons (Fsp3) is 0.500. The fourth-order valence-corrected chi connectivity index (χ4v) is 4.36. The van der Waals surface area contributed by atoms with Crippen molar-refractivity contribution < 1.29 is 9.47 Å². The van der Waals surface area contributed by atoms with E-state index in [0.29, 0.717) is 0 Å². The van der Waals surface area contributed by atoms with Gasteiger partial charge in [-0.1, -0.05) is 29.8 Å². The Morgan fingerprint density at radius 1 is 1.03 bits per heavy atom. The standard InChI is InChI=1S/C24H33ClN2O2/c1-26(16-20-8-11-23(28-2)24(15-20)29-3)17-21-5-4-13-27(18-21)14-12-19-6-9-22(25)10-7-19/h6-11,15,21H,4-5,12-14,16-18H2,1-3H3/t21-/m1/s1. The van der Waals surface area contributed by atoms with E-state index in [2.05, 4.69) is 41.1 Å². The minimum absolute atomic E-state index is 0.721. The highest BCUT2D eigenvalue weighted by Crippen LogP contribution is 2.28. The minimum Gasteiger partial charge on any atom is -0.493 e. The zero-order chi connectivity index (χ0) is 20.6. The predicted octanol–water partition coefficient (Wildman–Crippen LogP) is 4.74. The summed E-state index contributed by atoms with van der Waals surface area (Å²) in [5.41, 5.74) is 2.61. The molecule has 2 aromatic carbocycles. The number of hydrogen-bond donors (Lipinski definition) is 0. The number of benzene rings is 2. The summed E-state index contributed by atoms with van der Waals surface area (Å²) in [5.74, 6) is 2.30. The van der Waals surface area contributed by atoms with E-state index < -0.39 is 0 Å². The largest absolute Gasteiger partial charge is 0.493 e. The molecule has 0 spiro atoms. The molecule has 0 N–H and O–H groups in total. The first-order valence-corrected chi connectivity index (χ1v) is 10.8. The molecule has 3 rings (SSSR count). The monoisotopic (exact) mass is 416 g/mol. The summed E-state index contributed by atoms with van der Waals surface area (Å²) in [7, 11) is 5.57. The first kappa shape index (κ1) is 21.9. The van der Waals surface area contributed by atoms with Crippen LogP contribution in [0.5, 0.6) is 11.5 Å². The van der Waals surface area contributed by atoms with Crippen molar-refractivity contribution in [3.05, 3.63) is 58.6 Å². The summed E-state index contributed by atoms with van der Waals surface area (Å²) >= 11 is 5.99. The molecule has 0 unspecified atom stereocenters. The molecule has 0 amide bonds. The molecule has 1 heterocycles. The molecule has 158 valence electrons. The van der Waals surface area contributed by atoms with Crippen LogP contribution < -0.4 is 9.47 Å². The average molecular weight is 417 g/mol. The Labute approximate surface area is 180 Å². The van der Waals surface area contributed by atoms with Crippen molar-refractivity contribution in [2.75, 3.05) is 47.4 Å². The molecule has 1 saturated heterocycles. The number of hydrogen-bond acceptors (Lipinski definition) is 4. The molecule has 0 saturated carbocycles. The highest BCUT2D eigenvalue weighted by atomic mass is 35.5. The lowest BCUT2D eigenvalue weighted by atomic mass is 9.97. The van der Waals surface area contributed by atoms with Gasteiger partial charge >= 0.3 is 0 Å². The Kier molecular flexibility index (Phi) is 8.22. The van der Waals surface area contributed by atoms with Gasteiger partial charge in [-0.2, -0.15) is 0 Å². The molecule has 0 aliphatic carbocycles. The van der Waals surface area contributed by atoms with E-state index >= 15 is 0 Å². The predicted molar refractivity (Wildman–Crippen MR) is 120 cm³/mol. The van der Waals surface area contributed by atoms with Gasteiger partial charge in [0.25, 0.3) is 0 Å². The third-order valence-corrected chi connectivity index (χ3v) is 5.96. The molecule has 2 aromatic rings. The topological polar surface area (TPSA) is 24.9 Å². The second-order valence-corrected chi connectivity index (χ2v) is 8.51. The van der Waals surface area contributed by atoms with Gasteiger partial charge in [0, 0.05) is 31.2 Å². The molecule has 4 nitrogen and oxygen atoms in total. The van der Waals surface area contributed by atoms with Crippen molar-refractivity contribution in [3.8, 4) is 11.5 Å². The van der Waals surface area contributed by atoms with E-state index in [1.54, 1.807) is 14.2 Å². The summed E-state index contributed by atoms with van der Waals surface area (Å²) in [4.78, 5) is 5.04. The maximum Gasteiger partial charge on any atom is 0.161 e. The van der Waals surface area contributed by atoms with Crippen LogP contribution in [0, 0.1) is 5.92 Å². The van der Waals surface area contributed by atoms with E-state index in [4.69, 9.17) is 21.1 Å². The number of halogens is 1. The quantitative estimate of drug-likeness (QED) is 0.589. The van der Waals surface area contributed by atoms with E-state index in [9.17, 15) is 0 Å². The van der Waals surface area contributed by atoms with Gasteiger partial charge in [-0.05, 0) is 74.2 Å². The summed E-state index contributed by atoms with van der Waals surface area (Å²) in [5, 5.41) is 0.810. The van der Waals surface area contributed by atoms with Gasteiger partial charge in [-0.25, -0.2) is 0 Å². The van der Waals surface area contributed by atoms with Gasteiger partial charge in [0.05, 0.1) is 14.2 Å². The van der Waals surface area contributed by atoms with Crippen LogP contribution in [-0.4, -0.2) is 57.2 Å². The van der Waals surface area contributed by atoms with Crippen molar-refractivity contribution >= 4 is 11.6 Å². The second kappa shape index (κ2) is 10.9. The lowest BCUT2D eigenvalue weighted by Crippen LogP contribution is -2.40. The van der Waals surface area contributed by atoms with Crippen LogP contribution in [0.4, 0.5) is 0 Å². The molecule has 5 heteroatoms. The SMILES string of the molecule is COc1ccc(CN(C)C[C@H]2CCCN(CCc3ccc(Cl)cc3)C2)cc1OC. The number of methoxy groups -OCH3 is 2. The molecular formula is C24H33ClN2O2. The summed E-state index contributed by atoms with van der Waals surface area (Å²) in [6.07, 6.45) is 3.69. The summed E-state index contributed by atoms with van der Waals surface area (Å²) in [6, 6.07) is 14.4. The Balaban J connectivity index is 1.47. The highest BCUT2D eigenvalue weighted by molar-refractivity contribution is 6.30. The van der Waals surface area contributed by atoms with E-state index in [1.807, 2.05) is 18.2 Å². The molecule has 1 atom stereocenters.